The molecule has 1 aromatic heterocycles. The van der Waals surface area contributed by atoms with E-state index in [1.807, 2.05) is 6.07 Å². The summed E-state index contributed by atoms with van der Waals surface area (Å²) < 4.78 is 5.31. The molecule has 0 atom stereocenters. The summed E-state index contributed by atoms with van der Waals surface area (Å²) in [5.41, 5.74) is 0. The number of aliphatic hydroxyl groups excluding tert-OH is 2. The number of hydrogen-bond donors (Lipinski definition) is 3. The van der Waals surface area contributed by atoms with Crippen molar-refractivity contribution in [3.8, 4) is 0 Å². The smallest absolute Gasteiger partial charge is 0.129 e. The highest BCUT2D eigenvalue weighted by molar-refractivity contribution is 5.05. The number of aliphatic hydroxyl groups is 2. The van der Waals surface area contributed by atoms with Crippen LogP contribution in [0.15, 0.2) is 16.5 Å². The third-order valence-electron chi connectivity index (χ3n) is 2.18. The van der Waals surface area contributed by atoms with Gasteiger partial charge in [0.25, 0.3) is 0 Å². The Morgan fingerprint density at radius 1 is 1.07 bits per heavy atom. The largest absolute Gasteiger partial charge is 0.462 e. The molecule has 15 heavy (non-hydrogen) atoms. The van der Waals surface area contributed by atoms with Gasteiger partial charge in [0.2, 0.25) is 0 Å². The first-order valence-corrected chi connectivity index (χ1v) is 5.37. The molecular weight excluding hydrogens is 194 g/mol. The third kappa shape index (κ3) is 4.97. The SMILES string of the molecule is OCCCCCNCc1ccc(CO)o1. The van der Waals surface area contributed by atoms with Crippen molar-refractivity contribution in [2.45, 2.75) is 32.4 Å². The maximum atomic E-state index is 8.78. The van der Waals surface area contributed by atoms with E-state index in [1.165, 1.54) is 0 Å². The van der Waals surface area contributed by atoms with E-state index >= 15 is 0 Å². The zero-order valence-corrected chi connectivity index (χ0v) is 8.91. The Morgan fingerprint density at radius 2 is 1.87 bits per heavy atom. The molecule has 1 rings (SSSR count). The minimum atomic E-state index is -0.0451. The Hall–Kier alpha value is -0.840. The fourth-order valence-electron chi connectivity index (χ4n) is 1.35. The minimum absolute atomic E-state index is 0.0451. The maximum absolute atomic E-state index is 8.78. The summed E-state index contributed by atoms with van der Waals surface area (Å²) in [5, 5.41) is 20.6. The monoisotopic (exact) mass is 213 g/mol. The van der Waals surface area contributed by atoms with Crippen molar-refractivity contribution in [2.75, 3.05) is 13.2 Å². The molecule has 0 aliphatic rings. The number of nitrogens with one attached hydrogen (secondary N) is 1. The molecule has 0 aliphatic carbocycles. The zero-order valence-electron chi connectivity index (χ0n) is 8.91. The molecule has 0 saturated carbocycles. The number of rotatable bonds is 8. The molecule has 0 amide bonds. The van der Waals surface area contributed by atoms with Crippen LogP contribution in [0, 0.1) is 0 Å². The van der Waals surface area contributed by atoms with Gasteiger partial charge in [-0.3, -0.25) is 0 Å². The van der Waals surface area contributed by atoms with Gasteiger partial charge in [-0.25, -0.2) is 0 Å². The number of unbranched alkanes of at least 4 members (excludes halogenated alkanes) is 2. The fourth-order valence-corrected chi connectivity index (χ4v) is 1.35. The molecule has 0 saturated heterocycles. The van der Waals surface area contributed by atoms with Gasteiger partial charge in [0.1, 0.15) is 18.1 Å². The highest BCUT2D eigenvalue weighted by atomic mass is 16.4. The molecule has 1 aromatic rings. The van der Waals surface area contributed by atoms with Gasteiger partial charge in [-0.1, -0.05) is 0 Å². The molecule has 0 radical (unpaired) electrons. The average molecular weight is 213 g/mol. The summed E-state index contributed by atoms with van der Waals surface area (Å²) >= 11 is 0. The van der Waals surface area contributed by atoms with E-state index < -0.39 is 0 Å². The van der Waals surface area contributed by atoms with Crippen LogP contribution >= 0.6 is 0 Å². The number of hydrogen-bond acceptors (Lipinski definition) is 4. The quantitative estimate of drug-likeness (QED) is 0.564. The van der Waals surface area contributed by atoms with Gasteiger partial charge in [0.05, 0.1) is 6.54 Å². The van der Waals surface area contributed by atoms with E-state index in [0.29, 0.717) is 12.3 Å². The maximum Gasteiger partial charge on any atom is 0.129 e. The van der Waals surface area contributed by atoms with Gasteiger partial charge < -0.3 is 19.9 Å². The van der Waals surface area contributed by atoms with Crippen molar-refractivity contribution in [1.82, 2.24) is 5.32 Å². The van der Waals surface area contributed by atoms with Gasteiger partial charge >= 0.3 is 0 Å². The average Bonchev–Trinajstić information content (AvgIpc) is 2.71. The van der Waals surface area contributed by atoms with Gasteiger partial charge in [0.15, 0.2) is 0 Å². The van der Waals surface area contributed by atoms with Crippen LogP contribution in [0.3, 0.4) is 0 Å². The fraction of sp³-hybridized carbons (Fsp3) is 0.636. The van der Waals surface area contributed by atoms with Crippen LogP contribution in [-0.4, -0.2) is 23.4 Å². The van der Waals surface area contributed by atoms with E-state index in [0.717, 1.165) is 31.6 Å². The van der Waals surface area contributed by atoms with Crippen molar-refractivity contribution in [1.29, 1.82) is 0 Å². The highest BCUT2D eigenvalue weighted by Crippen LogP contribution is 2.07. The van der Waals surface area contributed by atoms with Gasteiger partial charge in [-0.05, 0) is 37.9 Å². The summed E-state index contributed by atoms with van der Waals surface area (Å²) in [7, 11) is 0. The van der Waals surface area contributed by atoms with Crippen LogP contribution in [0.2, 0.25) is 0 Å². The van der Waals surface area contributed by atoms with Crippen LogP contribution in [0.1, 0.15) is 30.8 Å². The van der Waals surface area contributed by atoms with Crippen molar-refractivity contribution < 1.29 is 14.6 Å². The molecule has 86 valence electrons. The molecule has 0 fully saturated rings. The predicted octanol–water partition coefficient (Wildman–Crippen LogP) is 1.02. The van der Waals surface area contributed by atoms with E-state index in [2.05, 4.69) is 5.32 Å². The molecule has 1 heterocycles. The second-order valence-electron chi connectivity index (χ2n) is 3.49. The summed E-state index contributed by atoms with van der Waals surface area (Å²) in [5.74, 6) is 1.45. The Bertz CT molecular complexity index is 260. The third-order valence-corrected chi connectivity index (χ3v) is 2.18. The van der Waals surface area contributed by atoms with E-state index in [1.54, 1.807) is 6.07 Å². The Labute approximate surface area is 89.9 Å². The van der Waals surface area contributed by atoms with E-state index in [9.17, 15) is 0 Å². The molecular formula is C11H19NO3. The van der Waals surface area contributed by atoms with Crippen molar-refractivity contribution >= 4 is 0 Å². The van der Waals surface area contributed by atoms with E-state index in [4.69, 9.17) is 14.6 Å². The van der Waals surface area contributed by atoms with Gasteiger partial charge in [0, 0.05) is 6.61 Å². The van der Waals surface area contributed by atoms with E-state index in [-0.39, 0.29) is 13.2 Å². The molecule has 4 nitrogen and oxygen atoms in total. The zero-order chi connectivity index (χ0) is 10.9. The van der Waals surface area contributed by atoms with Crippen LogP contribution in [0.25, 0.3) is 0 Å². The molecule has 3 N–H and O–H groups in total. The summed E-state index contributed by atoms with van der Waals surface area (Å²) in [6.07, 6.45) is 2.98. The summed E-state index contributed by atoms with van der Waals surface area (Å²) in [4.78, 5) is 0. The Kier molecular flexibility index (Phi) is 6.08. The second kappa shape index (κ2) is 7.45. The first-order chi connectivity index (χ1) is 7.36. The van der Waals surface area contributed by atoms with Crippen LogP contribution in [-0.2, 0) is 13.2 Å². The Morgan fingerprint density at radius 3 is 2.53 bits per heavy atom. The first kappa shape index (κ1) is 12.2. The lowest BCUT2D eigenvalue weighted by molar-refractivity contribution is 0.242. The van der Waals surface area contributed by atoms with Crippen molar-refractivity contribution in [3.05, 3.63) is 23.7 Å². The molecule has 0 aromatic carbocycles. The Balaban J connectivity index is 2.04. The van der Waals surface area contributed by atoms with Gasteiger partial charge in [-0.2, -0.15) is 0 Å². The highest BCUT2D eigenvalue weighted by Gasteiger charge is 1.99. The second-order valence-corrected chi connectivity index (χ2v) is 3.49. The normalized spacial score (nSPS) is 10.8. The molecule has 0 aliphatic heterocycles. The summed E-state index contributed by atoms with van der Waals surface area (Å²) in [6, 6.07) is 3.65. The first-order valence-electron chi connectivity index (χ1n) is 5.37. The molecule has 0 unspecified atom stereocenters. The minimum Gasteiger partial charge on any atom is -0.462 e. The standard InChI is InChI=1S/C11H19NO3/c13-7-3-1-2-6-12-8-10-4-5-11(9-14)15-10/h4-5,12-14H,1-3,6-9H2. The molecule has 0 bridgehead atoms. The van der Waals surface area contributed by atoms with Crippen molar-refractivity contribution in [2.24, 2.45) is 0 Å². The summed E-state index contributed by atoms with van der Waals surface area (Å²) in [6.45, 7) is 1.85. The topological polar surface area (TPSA) is 65.6 Å². The lowest BCUT2D eigenvalue weighted by Gasteiger charge is -2.01. The lowest BCUT2D eigenvalue weighted by atomic mass is 10.2. The lowest BCUT2D eigenvalue weighted by Crippen LogP contribution is -2.14. The molecule has 4 heteroatoms. The van der Waals surface area contributed by atoms with Gasteiger partial charge in [-0.15, -0.1) is 0 Å². The van der Waals surface area contributed by atoms with Crippen LogP contribution in [0.4, 0.5) is 0 Å². The van der Waals surface area contributed by atoms with Crippen LogP contribution in [0.5, 0.6) is 0 Å². The van der Waals surface area contributed by atoms with Crippen molar-refractivity contribution in [3.63, 3.8) is 0 Å². The molecule has 0 spiro atoms. The van der Waals surface area contributed by atoms with Crippen LogP contribution < -0.4 is 5.32 Å². The number of furan rings is 1. The predicted molar refractivity (Wildman–Crippen MR) is 57.3 cm³/mol.